The summed E-state index contributed by atoms with van der Waals surface area (Å²) in [5.74, 6) is -0.782. The van der Waals surface area contributed by atoms with E-state index >= 15 is 0 Å². The Morgan fingerprint density at radius 3 is 2.43 bits per heavy atom. The van der Waals surface area contributed by atoms with Gasteiger partial charge in [-0.1, -0.05) is 48.5 Å². The zero-order valence-corrected chi connectivity index (χ0v) is 13.2. The van der Waals surface area contributed by atoms with E-state index in [4.69, 9.17) is 10.5 Å². The highest BCUT2D eigenvalue weighted by atomic mass is 16.5. The Labute approximate surface area is 136 Å². The number of hydrogen-bond donors (Lipinski definition) is 1. The molecule has 0 fully saturated rings. The Bertz CT molecular complexity index is 667. The highest BCUT2D eigenvalue weighted by Crippen LogP contribution is 2.20. The molecule has 0 aliphatic carbocycles. The molecule has 0 aliphatic rings. The quantitative estimate of drug-likeness (QED) is 0.485. The lowest BCUT2D eigenvalue weighted by Crippen LogP contribution is -2.16. The Morgan fingerprint density at radius 1 is 1.04 bits per heavy atom. The maximum atomic E-state index is 12.5. The number of rotatable bonds is 7. The molecule has 120 valence electrons. The Kier molecular flexibility index (Phi) is 6.06. The molecule has 2 rings (SSSR count). The third-order valence-corrected chi connectivity index (χ3v) is 3.63. The van der Waals surface area contributed by atoms with Gasteiger partial charge < -0.3 is 10.5 Å². The lowest BCUT2D eigenvalue weighted by molar-refractivity contribution is -0.145. The number of ketones is 1. The van der Waals surface area contributed by atoms with Crippen LogP contribution in [-0.2, 0) is 9.53 Å². The average Bonchev–Trinajstić information content (AvgIpc) is 2.61. The molecule has 1 unspecified atom stereocenters. The number of carbonyl (C=O) groups is 2. The second-order valence-electron chi connectivity index (χ2n) is 5.35. The first-order valence-corrected chi connectivity index (χ1v) is 7.70. The van der Waals surface area contributed by atoms with Crippen LogP contribution in [0.25, 0.3) is 0 Å². The minimum atomic E-state index is -0.420. The predicted octanol–water partition coefficient (Wildman–Crippen LogP) is 2.91. The summed E-state index contributed by atoms with van der Waals surface area (Å²) in [6, 6.07) is 16.2. The number of benzene rings is 2. The molecule has 4 heteroatoms. The van der Waals surface area contributed by atoms with Gasteiger partial charge in [-0.15, -0.1) is 0 Å². The van der Waals surface area contributed by atoms with Gasteiger partial charge in [-0.3, -0.25) is 9.59 Å². The smallest absolute Gasteiger partial charge is 0.313 e. The van der Waals surface area contributed by atoms with Crippen LogP contribution >= 0.6 is 0 Å². The summed E-state index contributed by atoms with van der Waals surface area (Å²) in [5.41, 5.74) is 7.34. The van der Waals surface area contributed by atoms with E-state index in [1.165, 1.54) is 0 Å². The molecule has 2 aromatic rings. The van der Waals surface area contributed by atoms with Gasteiger partial charge in [0.05, 0.1) is 12.5 Å². The Balaban J connectivity index is 2.13. The van der Waals surface area contributed by atoms with Crippen molar-refractivity contribution in [2.45, 2.75) is 19.3 Å². The predicted molar refractivity (Wildman–Crippen MR) is 89.4 cm³/mol. The Morgan fingerprint density at radius 2 is 1.74 bits per heavy atom. The molecule has 0 radical (unpaired) electrons. The van der Waals surface area contributed by atoms with E-state index in [0.29, 0.717) is 30.7 Å². The molecule has 1 atom stereocenters. The molecule has 2 aromatic carbocycles. The van der Waals surface area contributed by atoms with Crippen LogP contribution in [0.1, 0.15) is 40.7 Å². The number of nitrogens with two attached hydrogens (primary N) is 1. The number of esters is 1. The van der Waals surface area contributed by atoms with E-state index in [2.05, 4.69) is 0 Å². The average molecular weight is 311 g/mol. The topological polar surface area (TPSA) is 69.4 Å². The van der Waals surface area contributed by atoms with Gasteiger partial charge in [0.2, 0.25) is 0 Å². The summed E-state index contributed by atoms with van der Waals surface area (Å²) in [6.07, 6.45) is 0.644. The van der Waals surface area contributed by atoms with Crippen molar-refractivity contribution in [1.29, 1.82) is 0 Å². The molecule has 0 amide bonds. The fraction of sp³-hybridized carbons (Fsp3) is 0.263. The van der Waals surface area contributed by atoms with Crippen molar-refractivity contribution in [3.05, 3.63) is 71.3 Å². The summed E-state index contributed by atoms with van der Waals surface area (Å²) in [4.78, 5) is 24.5. The maximum Gasteiger partial charge on any atom is 0.313 e. The van der Waals surface area contributed by atoms with Gasteiger partial charge in [-0.25, -0.2) is 0 Å². The summed E-state index contributed by atoms with van der Waals surface area (Å²) >= 11 is 0. The minimum absolute atomic E-state index is 0.0591. The van der Waals surface area contributed by atoms with Crippen molar-refractivity contribution in [3.8, 4) is 0 Å². The van der Waals surface area contributed by atoms with Gasteiger partial charge in [0.15, 0.2) is 5.78 Å². The zero-order chi connectivity index (χ0) is 16.7. The third-order valence-electron chi connectivity index (χ3n) is 3.63. The number of hydrogen-bond acceptors (Lipinski definition) is 4. The second-order valence-corrected chi connectivity index (χ2v) is 5.35. The molecular weight excluding hydrogens is 290 g/mol. The molecule has 0 saturated carbocycles. The van der Waals surface area contributed by atoms with Crippen molar-refractivity contribution in [2.24, 2.45) is 5.73 Å². The van der Waals surface area contributed by atoms with Crippen LogP contribution in [0.15, 0.2) is 54.6 Å². The van der Waals surface area contributed by atoms with E-state index in [-0.39, 0.29) is 11.8 Å². The molecule has 2 N–H and O–H groups in total. The second kappa shape index (κ2) is 8.25. The van der Waals surface area contributed by atoms with Gasteiger partial charge in [0, 0.05) is 11.1 Å². The summed E-state index contributed by atoms with van der Waals surface area (Å²) < 4.78 is 5.18. The standard InChI is InChI=1S/C19H21NO3/c1-14(19(22)23-12-6-11-20)16-9-5-10-17(13-16)18(21)15-7-3-2-4-8-15/h2-5,7-10,13-14H,6,11-12,20H2,1H3. The lowest BCUT2D eigenvalue weighted by Gasteiger charge is -2.12. The molecule has 0 aromatic heterocycles. The molecular formula is C19H21NO3. The first-order chi connectivity index (χ1) is 11.1. The van der Waals surface area contributed by atoms with Gasteiger partial charge >= 0.3 is 5.97 Å². The van der Waals surface area contributed by atoms with Crippen molar-refractivity contribution < 1.29 is 14.3 Å². The molecule has 0 bridgehead atoms. The highest BCUT2D eigenvalue weighted by Gasteiger charge is 2.18. The van der Waals surface area contributed by atoms with Crippen LogP contribution in [0.2, 0.25) is 0 Å². The fourth-order valence-corrected chi connectivity index (χ4v) is 2.22. The van der Waals surface area contributed by atoms with Crippen LogP contribution in [0, 0.1) is 0 Å². The van der Waals surface area contributed by atoms with Crippen LogP contribution in [0.3, 0.4) is 0 Å². The van der Waals surface area contributed by atoms with Crippen LogP contribution < -0.4 is 5.73 Å². The van der Waals surface area contributed by atoms with E-state index in [0.717, 1.165) is 5.56 Å². The van der Waals surface area contributed by atoms with Gasteiger partial charge in [-0.05, 0) is 31.5 Å². The van der Waals surface area contributed by atoms with E-state index in [1.807, 2.05) is 24.3 Å². The van der Waals surface area contributed by atoms with Crippen molar-refractivity contribution in [1.82, 2.24) is 0 Å². The van der Waals surface area contributed by atoms with Crippen molar-refractivity contribution in [3.63, 3.8) is 0 Å². The monoisotopic (exact) mass is 311 g/mol. The van der Waals surface area contributed by atoms with E-state index in [9.17, 15) is 9.59 Å². The third kappa shape index (κ3) is 4.50. The number of carbonyl (C=O) groups excluding carboxylic acids is 2. The molecule has 0 heterocycles. The van der Waals surface area contributed by atoms with Crippen LogP contribution in [0.5, 0.6) is 0 Å². The summed E-state index contributed by atoms with van der Waals surface area (Å²) in [7, 11) is 0. The largest absolute Gasteiger partial charge is 0.465 e. The van der Waals surface area contributed by atoms with Gasteiger partial charge in [0.25, 0.3) is 0 Å². The van der Waals surface area contributed by atoms with Crippen molar-refractivity contribution in [2.75, 3.05) is 13.2 Å². The number of ether oxygens (including phenoxy) is 1. The minimum Gasteiger partial charge on any atom is -0.465 e. The van der Waals surface area contributed by atoms with Gasteiger partial charge in [0.1, 0.15) is 0 Å². The maximum absolute atomic E-state index is 12.5. The van der Waals surface area contributed by atoms with Crippen molar-refractivity contribution >= 4 is 11.8 Å². The van der Waals surface area contributed by atoms with Crippen LogP contribution in [-0.4, -0.2) is 24.9 Å². The van der Waals surface area contributed by atoms with E-state index < -0.39 is 5.92 Å². The molecule has 0 spiro atoms. The molecule has 0 saturated heterocycles. The fourth-order valence-electron chi connectivity index (χ4n) is 2.22. The Hall–Kier alpha value is -2.46. The normalized spacial score (nSPS) is 11.7. The zero-order valence-electron chi connectivity index (χ0n) is 13.2. The van der Waals surface area contributed by atoms with E-state index in [1.54, 1.807) is 37.3 Å². The first-order valence-electron chi connectivity index (χ1n) is 7.70. The van der Waals surface area contributed by atoms with Gasteiger partial charge in [-0.2, -0.15) is 0 Å². The molecule has 0 aliphatic heterocycles. The van der Waals surface area contributed by atoms with Crippen LogP contribution in [0.4, 0.5) is 0 Å². The lowest BCUT2D eigenvalue weighted by atomic mass is 9.96. The summed E-state index contributed by atoms with van der Waals surface area (Å²) in [6.45, 7) is 2.59. The molecule has 4 nitrogen and oxygen atoms in total. The molecule has 23 heavy (non-hydrogen) atoms. The highest BCUT2D eigenvalue weighted by molar-refractivity contribution is 6.09. The first kappa shape index (κ1) is 16.9. The summed E-state index contributed by atoms with van der Waals surface area (Å²) in [5, 5.41) is 0. The SMILES string of the molecule is CC(C(=O)OCCCN)c1cccc(C(=O)c2ccccc2)c1.